The lowest BCUT2D eigenvalue weighted by Gasteiger charge is -2.38. The number of amides is 2. The van der Waals surface area contributed by atoms with E-state index in [1.165, 1.54) is 19.1 Å². The third kappa shape index (κ3) is 13.8. The zero-order valence-corrected chi connectivity index (χ0v) is 33.6. The van der Waals surface area contributed by atoms with Crippen molar-refractivity contribution in [3.05, 3.63) is 0 Å². The molecule has 3 rings (SSSR count). The van der Waals surface area contributed by atoms with Crippen molar-refractivity contribution in [2.24, 2.45) is 23.7 Å². The minimum atomic E-state index is -3.77. The summed E-state index contributed by atoms with van der Waals surface area (Å²) in [5.74, 6) is -1.63. The number of nitrogens with one attached hydrogen (secondary N) is 2. The van der Waals surface area contributed by atoms with Gasteiger partial charge in [0.25, 0.3) is 0 Å². The summed E-state index contributed by atoms with van der Waals surface area (Å²) >= 11 is 0. The number of carbonyl (C=O) groups excluding carboxylic acids is 2. The Kier molecular flexibility index (Phi) is 18.1. The zero-order valence-electron chi connectivity index (χ0n) is 32.0. The average Bonchev–Trinajstić information content (AvgIpc) is 3.08. The number of carbonyl (C=O) groups is 2. The van der Waals surface area contributed by atoms with E-state index in [2.05, 4.69) is 10.1 Å². The second-order valence-corrected chi connectivity index (χ2v) is 20.0. The molecule has 0 aromatic rings. The minimum absolute atomic E-state index is 0.0373. The average molecular weight is 764 g/mol. The lowest BCUT2D eigenvalue weighted by Crippen LogP contribution is -2.55. The molecule has 3 fully saturated rings. The molecule has 0 radical (unpaired) electrons. The maximum absolute atomic E-state index is 14.2. The Morgan fingerprint density at radius 1 is 0.784 bits per heavy atom. The number of hydrazine groups is 1. The maximum atomic E-state index is 14.2. The van der Waals surface area contributed by atoms with Crippen LogP contribution in [0.4, 0.5) is 0 Å². The summed E-state index contributed by atoms with van der Waals surface area (Å²) in [6, 6.07) is -0.739. The topological polar surface area (TPSA) is 177 Å². The molecule has 0 bridgehead atoms. The van der Waals surface area contributed by atoms with E-state index >= 15 is 0 Å². The molecule has 5 atom stereocenters. The molecule has 51 heavy (non-hydrogen) atoms. The lowest BCUT2D eigenvalue weighted by molar-refractivity contribution is -0.138. The van der Waals surface area contributed by atoms with Crippen molar-refractivity contribution in [1.29, 1.82) is 0 Å². The van der Waals surface area contributed by atoms with Gasteiger partial charge in [-0.2, -0.15) is 0 Å². The molecule has 298 valence electrons. The number of nitrogens with zero attached hydrogens (tertiary/aromatic N) is 3. The first-order chi connectivity index (χ1) is 24.1. The molecule has 0 saturated heterocycles. The molecule has 15 heteroatoms. The van der Waals surface area contributed by atoms with Crippen molar-refractivity contribution in [1.82, 2.24) is 24.4 Å². The van der Waals surface area contributed by atoms with Crippen molar-refractivity contribution in [2.75, 3.05) is 46.0 Å². The highest BCUT2D eigenvalue weighted by Gasteiger charge is 2.44. The lowest BCUT2D eigenvalue weighted by atomic mass is 9.79. The second kappa shape index (κ2) is 20.9. The van der Waals surface area contributed by atoms with E-state index in [0.29, 0.717) is 45.3 Å². The van der Waals surface area contributed by atoms with E-state index < -0.39 is 55.2 Å². The Hall–Kier alpha value is -1.36. The normalized spacial score (nSPS) is 26.6. The number of hydrogen-bond donors (Lipinski definition) is 4. The molecule has 3 aliphatic carbocycles. The fourth-order valence-electron chi connectivity index (χ4n) is 8.40. The van der Waals surface area contributed by atoms with Gasteiger partial charge in [0.05, 0.1) is 29.3 Å². The van der Waals surface area contributed by atoms with E-state index in [9.17, 15) is 36.6 Å². The standard InChI is InChI=1S/C36H69N5O8S2/c1-6-18-40(19-7-2)36(45)30-22-29(23-32(24-30)51(48,49)39(4)5)35(44)37-33(21-27-14-16-31(42)17-15-27)34(43)25-41(20-8-3)38-50(46,47)26-28-12-10-9-11-13-28/h27-34,38,42-43H,6-26H2,1-5H3,(H,37,44). The van der Waals surface area contributed by atoms with Crippen molar-refractivity contribution in [3.8, 4) is 0 Å². The fourth-order valence-corrected chi connectivity index (χ4v) is 11.5. The molecule has 0 heterocycles. The van der Waals surface area contributed by atoms with Gasteiger partial charge >= 0.3 is 0 Å². The summed E-state index contributed by atoms with van der Waals surface area (Å²) in [7, 11) is -4.49. The molecule has 0 spiro atoms. The van der Waals surface area contributed by atoms with Crippen LogP contribution in [0.3, 0.4) is 0 Å². The highest BCUT2D eigenvalue weighted by atomic mass is 32.2. The van der Waals surface area contributed by atoms with Crippen molar-refractivity contribution in [3.63, 3.8) is 0 Å². The molecular formula is C36H69N5O8S2. The first kappa shape index (κ1) is 44.0. The van der Waals surface area contributed by atoms with E-state index in [4.69, 9.17) is 0 Å². The molecule has 3 saturated carbocycles. The maximum Gasteiger partial charge on any atom is 0.225 e. The van der Waals surface area contributed by atoms with Gasteiger partial charge in [0.2, 0.25) is 31.9 Å². The molecule has 0 aliphatic heterocycles. The fraction of sp³-hybridized carbons (Fsp3) is 0.944. The Balaban J connectivity index is 1.83. The largest absolute Gasteiger partial charge is 0.393 e. The first-order valence-electron chi connectivity index (χ1n) is 19.7. The second-order valence-electron chi connectivity index (χ2n) is 15.8. The van der Waals surface area contributed by atoms with Crippen LogP contribution in [0.2, 0.25) is 0 Å². The molecule has 4 N–H and O–H groups in total. The summed E-state index contributed by atoms with van der Waals surface area (Å²) in [5, 5.41) is 25.6. The third-order valence-electron chi connectivity index (χ3n) is 11.2. The van der Waals surface area contributed by atoms with Crippen LogP contribution in [0.1, 0.15) is 124 Å². The number of rotatable bonds is 20. The van der Waals surface area contributed by atoms with Gasteiger partial charge < -0.3 is 20.4 Å². The molecular weight excluding hydrogens is 695 g/mol. The Morgan fingerprint density at radius 2 is 1.37 bits per heavy atom. The van der Waals surface area contributed by atoms with Gasteiger partial charge in [-0.05, 0) is 95.3 Å². The van der Waals surface area contributed by atoms with Gasteiger partial charge in [-0.3, -0.25) is 9.59 Å². The third-order valence-corrected chi connectivity index (χ3v) is 14.8. The Labute approximate surface area is 308 Å². The van der Waals surface area contributed by atoms with Crippen LogP contribution in [0.25, 0.3) is 0 Å². The van der Waals surface area contributed by atoms with Crippen molar-refractivity contribution < 1.29 is 36.6 Å². The van der Waals surface area contributed by atoms with Crippen LogP contribution in [-0.4, -0.2) is 123 Å². The summed E-state index contributed by atoms with van der Waals surface area (Å²) in [4.78, 5) is 32.5. The van der Waals surface area contributed by atoms with Crippen LogP contribution in [0, 0.1) is 23.7 Å². The van der Waals surface area contributed by atoms with Crippen molar-refractivity contribution in [2.45, 2.75) is 147 Å². The molecule has 3 aliphatic rings. The monoisotopic (exact) mass is 763 g/mol. The number of aliphatic hydroxyl groups is 2. The van der Waals surface area contributed by atoms with E-state index in [1.807, 2.05) is 20.8 Å². The van der Waals surface area contributed by atoms with Gasteiger partial charge in [0.1, 0.15) is 0 Å². The number of hydrogen-bond acceptors (Lipinski definition) is 9. The Morgan fingerprint density at radius 3 is 1.94 bits per heavy atom. The predicted octanol–water partition coefficient (Wildman–Crippen LogP) is 3.22. The summed E-state index contributed by atoms with van der Waals surface area (Å²) in [6.45, 7) is 7.39. The number of sulfonamides is 2. The number of aliphatic hydroxyl groups excluding tert-OH is 2. The summed E-state index contributed by atoms with van der Waals surface area (Å²) in [6.07, 6.45) is 9.26. The van der Waals surface area contributed by atoms with Crippen molar-refractivity contribution >= 4 is 31.9 Å². The molecule has 5 unspecified atom stereocenters. The van der Waals surface area contributed by atoms with Crippen LogP contribution < -0.4 is 10.1 Å². The van der Waals surface area contributed by atoms with Crippen LogP contribution >= 0.6 is 0 Å². The van der Waals surface area contributed by atoms with Gasteiger partial charge in [-0.25, -0.2) is 26.1 Å². The van der Waals surface area contributed by atoms with Crippen LogP contribution in [0.5, 0.6) is 0 Å². The van der Waals surface area contributed by atoms with Crippen LogP contribution in [-0.2, 0) is 29.6 Å². The SMILES string of the molecule is CCCN(CC(O)C(CC1CCC(O)CC1)NC(=O)C1CC(C(=O)N(CCC)CCC)CC(S(=O)(=O)N(C)C)C1)NS(=O)(=O)CC1CCCCC1. The van der Waals surface area contributed by atoms with E-state index in [-0.39, 0.29) is 55.4 Å². The van der Waals surface area contributed by atoms with Gasteiger partial charge in [0, 0.05) is 52.1 Å². The quantitative estimate of drug-likeness (QED) is 0.136. The van der Waals surface area contributed by atoms with E-state index in [1.54, 1.807) is 4.90 Å². The van der Waals surface area contributed by atoms with E-state index in [0.717, 1.165) is 62.1 Å². The smallest absolute Gasteiger partial charge is 0.225 e. The molecule has 2 amide bonds. The Bertz CT molecular complexity index is 1280. The first-order valence-corrected chi connectivity index (χ1v) is 22.9. The summed E-state index contributed by atoms with van der Waals surface area (Å²) in [5.41, 5.74) is 0. The van der Waals surface area contributed by atoms with Crippen LogP contribution in [0.15, 0.2) is 0 Å². The van der Waals surface area contributed by atoms with Gasteiger partial charge in [-0.15, -0.1) is 4.83 Å². The molecule has 0 aromatic carbocycles. The summed E-state index contributed by atoms with van der Waals surface area (Å²) < 4.78 is 54.5. The van der Waals surface area contributed by atoms with Gasteiger partial charge in [-0.1, -0.05) is 40.0 Å². The highest BCUT2D eigenvalue weighted by Crippen LogP contribution is 2.36. The van der Waals surface area contributed by atoms with Gasteiger partial charge in [0.15, 0.2) is 0 Å². The molecule has 0 aromatic heterocycles. The zero-order chi connectivity index (χ0) is 37.8. The molecule has 13 nitrogen and oxygen atoms in total. The minimum Gasteiger partial charge on any atom is -0.393 e. The highest BCUT2D eigenvalue weighted by molar-refractivity contribution is 7.89. The predicted molar refractivity (Wildman–Crippen MR) is 200 cm³/mol.